The first-order valence-corrected chi connectivity index (χ1v) is 7.36. The van der Waals surface area contributed by atoms with Crippen LogP contribution < -0.4 is 14.8 Å². The minimum atomic E-state index is -0.146. The average Bonchev–Trinajstić information content (AvgIpc) is 3.20. The lowest BCUT2D eigenvalue weighted by Gasteiger charge is -2.09. The number of nitrogens with one attached hydrogen (secondary N) is 2. The zero-order valence-electron chi connectivity index (χ0n) is 12.8. The molecule has 2 N–H and O–H groups in total. The molecule has 22 heavy (non-hydrogen) atoms. The fourth-order valence-corrected chi connectivity index (χ4v) is 2.69. The van der Waals surface area contributed by atoms with Crippen molar-refractivity contribution in [2.45, 2.75) is 18.9 Å². The Kier molecular flexibility index (Phi) is 4.20. The first kappa shape index (κ1) is 14.7. The van der Waals surface area contributed by atoms with Crippen LogP contribution >= 0.6 is 0 Å². The Balaban J connectivity index is 1.79. The van der Waals surface area contributed by atoms with Gasteiger partial charge < -0.3 is 24.5 Å². The number of carbonyl (C=O) groups excluding carboxylic acids is 1. The average molecular weight is 304 g/mol. The number of ether oxygens (including phenoxy) is 3. The molecule has 1 aromatic carbocycles. The normalized spacial score (nSPS) is 17.6. The van der Waals surface area contributed by atoms with E-state index in [0.717, 1.165) is 30.4 Å². The highest BCUT2D eigenvalue weighted by Crippen LogP contribution is 2.31. The van der Waals surface area contributed by atoms with Gasteiger partial charge in [0.05, 0.1) is 25.8 Å². The van der Waals surface area contributed by atoms with Gasteiger partial charge in [0, 0.05) is 24.6 Å². The van der Waals surface area contributed by atoms with Gasteiger partial charge in [0.25, 0.3) is 5.91 Å². The number of H-pyrrole nitrogens is 1. The standard InChI is InChI=1S/C16H20N2O4/c1-20-12-6-10-7-13(18-15(10)14(8-12)21-2)16(19)17-9-11-4-3-5-22-11/h6-8,11,18H,3-5,9H2,1-2H3,(H,17,19). The van der Waals surface area contributed by atoms with Crippen LogP contribution in [0.2, 0.25) is 0 Å². The second-order valence-electron chi connectivity index (χ2n) is 5.32. The minimum Gasteiger partial charge on any atom is -0.497 e. The third-order valence-corrected chi connectivity index (χ3v) is 3.88. The summed E-state index contributed by atoms with van der Waals surface area (Å²) < 4.78 is 16.1. The Labute approximate surface area is 128 Å². The molecule has 0 saturated carbocycles. The van der Waals surface area contributed by atoms with Gasteiger partial charge in [-0.1, -0.05) is 0 Å². The topological polar surface area (TPSA) is 72.6 Å². The Hall–Kier alpha value is -2.21. The van der Waals surface area contributed by atoms with Crippen LogP contribution in [0.5, 0.6) is 11.5 Å². The summed E-state index contributed by atoms with van der Waals surface area (Å²) in [5.41, 5.74) is 1.28. The lowest BCUT2D eigenvalue weighted by atomic mass is 10.2. The molecule has 118 valence electrons. The Morgan fingerprint density at radius 3 is 2.91 bits per heavy atom. The third-order valence-electron chi connectivity index (χ3n) is 3.88. The molecule has 2 heterocycles. The molecule has 1 saturated heterocycles. The zero-order valence-corrected chi connectivity index (χ0v) is 12.8. The van der Waals surface area contributed by atoms with Crippen LogP contribution in [0.4, 0.5) is 0 Å². The molecule has 1 aliphatic rings. The number of fused-ring (bicyclic) bond motifs is 1. The predicted octanol–water partition coefficient (Wildman–Crippen LogP) is 2.09. The fourth-order valence-electron chi connectivity index (χ4n) is 2.69. The molecule has 1 aliphatic heterocycles. The van der Waals surface area contributed by atoms with Crippen molar-refractivity contribution in [3.8, 4) is 11.5 Å². The minimum absolute atomic E-state index is 0.128. The maximum atomic E-state index is 12.3. The first-order chi connectivity index (χ1) is 10.7. The first-order valence-electron chi connectivity index (χ1n) is 7.36. The molecule has 6 nitrogen and oxygen atoms in total. The predicted molar refractivity (Wildman–Crippen MR) is 82.7 cm³/mol. The largest absolute Gasteiger partial charge is 0.497 e. The molecule has 2 aromatic rings. The van der Waals surface area contributed by atoms with E-state index in [2.05, 4.69) is 10.3 Å². The summed E-state index contributed by atoms with van der Waals surface area (Å²) in [5, 5.41) is 3.77. The number of aromatic amines is 1. The molecule has 1 unspecified atom stereocenters. The molecule has 1 fully saturated rings. The second kappa shape index (κ2) is 6.27. The van der Waals surface area contributed by atoms with E-state index in [1.807, 2.05) is 6.07 Å². The van der Waals surface area contributed by atoms with Crippen molar-refractivity contribution < 1.29 is 19.0 Å². The summed E-state index contributed by atoms with van der Waals surface area (Å²) >= 11 is 0. The summed E-state index contributed by atoms with van der Waals surface area (Å²) in [6.45, 7) is 1.32. The number of hydrogen-bond donors (Lipinski definition) is 2. The number of methoxy groups -OCH3 is 2. The molecular weight excluding hydrogens is 284 g/mol. The number of carbonyl (C=O) groups is 1. The lowest BCUT2D eigenvalue weighted by Crippen LogP contribution is -2.31. The molecule has 0 spiro atoms. The number of benzene rings is 1. The van der Waals surface area contributed by atoms with E-state index in [1.54, 1.807) is 26.4 Å². The van der Waals surface area contributed by atoms with E-state index in [9.17, 15) is 4.79 Å². The van der Waals surface area contributed by atoms with Gasteiger partial charge in [-0.05, 0) is 25.0 Å². The van der Waals surface area contributed by atoms with E-state index >= 15 is 0 Å². The highest BCUT2D eigenvalue weighted by molar-refractivity contribution is 5.99. The van der Waals surface area contributed by atoms with Gasteiger partial charge in [-0.2, -0.15) is 0 Å². The van der Waals surface area contributed by atoms with E-state index in [0.29, 0.717) is 23.7 Å². The highest BCUT2D eigenvalue weighted by atomic mass is 16.5. The molecule has 0 aliphatic carbocycles. The van der Waals surface area contributed by atoms with Gasteiger partial charge in [-0.25, -0.2) is 0 Å². The van der Waals surface area contributed by atoms with Gasteiger partial charge in [-0.15, -0.1) is 0 Å². The van der Waals surface area contributed by atoms with Crippen LogP contribution in [0, 0.1) is 0 Å². The van der Waals surface area contributed by atoms with Crippen molar-refractivity contribution in [2.75, 3.05) is 27.4 Å². The number of amides is 1. The molecule has 1 aromatic heterocycles. The molecule has 0 bridgehead atoms. The molecule has 0 radical (unpaired) electrons. The Morgan fingerprint density at radius 2 is 2.23 bits per heavy atom. The maximum Gasteiger partial charge on any atom is 0.267 e. The van der Waals surface area contributed by atoms with Crippen molar-refractivity contribution in [3.05, 3.63) is 23.9 Å². The van der Waals surface area contributed by atoms with Crippen LogP contribution in [-0.4, -0.2) is 44.4 Å². The van der Waals surface area contributed by atoms with Crippen molar-refractivity contribution in [3.63, 3.8) is 0 Å². The quantitative estimate of drug-likeness (QED) is 0.887. The van der Waals surface area contributed by atoms with Gasteiger partial charge in [-0.3, -0.25) is 4.79 Å². The molecule has 3 rings (SSSR count). The summed E-state index contributed by atoms with van der Waals surface area (Å²) in [4.78, 5) is 15.4. The van der Waals surface area contributed by atoms with Crippen molar-refractivity contribution in [1.29, 1.82) is 0 Å². The van der Waals surface area contributed by atoms with E-state index in [4.69, 9.17) is 14.2 Å². The Morgan fingerprint density at radius 1 is 1.36 bits per heavy atom. The summed E-state index contributed by atoms with van der Waals surface area (Å²) in [6, 6.07) is 5.45. The molecule has 6 heteroatoms. The van der Waals surface area contributed by atoms with Crippen LogP contribution in [0.25, 0.3) is 10.9 Å². The van der Waals surface area contributed by atoms with Crippen LogP contribution in [0.1, 0.15) is 23.3 Å². The highest BCUT2D eigenvalue weighted by Gasteiger charge is 2.18. The summed E-state index contributed by atoms with van der Waals surface area (Å²) in [7, 11) is 3.19. The molecular formula is C16H20N2O4. The Bertz CT molecular complexity index is 674. The van der Waals surface area contributed by atoms with Gasteiger partial charge >= 0.3 is 0 Å². The third kappa shape index (κ3) is 2.87. The van der Waals surface area contributed by atoms with Crippen molar-refractivity contribution >= 4 is 16.8 Å². The van der Waals surface area contributed by atoms with Crippen LogP contribution in [0.3, 0.4) is 0 Å². The van der Waals surface area contributed by atoms with Crippen molar-refractivity contribution in [2.24, 2.45) is 0 Å². The van der Waals surface area contributed by atoms with Gasteiger partial charge in [0.2, 0.25) is 0 Å². The van der Waals surface area contributed by atoms with Crippen LogP contribution in [0.15, 0.2) is 18.2 Å². The molecule has 1 amide bonds. The van der Waals surface area contributed by atoms with E-state index < -0.39 is 0 Å². The van der Waals surface area contributed by atoms with Gasteiger partial charge in [0.15, 0.2) is 0 Å². The number of hydrogen-bond acceptors (Lipinski definition) is 4. The maximum absolute atomic E-state index is 12.3. The number of aromatic nitrogens is 1. The van der Waals surface area contributed by atoms with E-state index in [-0.39, 0.29) is 12.0 Å². The summed E-state index contributed by atoms with van der Waals surface area (Å²) in [5.74, 6) is 1.19. The molecule has 1 atom stereocenters. The smallest absolute Gasteiger partial charge is 0.267 e. The second-order valence-corrected chi connectivity index (χ2v) is 5.32. The van der Waals surface area contributed by atoms with Crippen LogP contribution in [-0.2, 0) is 4.74 Å². The number of rotatable bonds is 5. The SMILES string of the molecule is COc1cc(OC)c2[nH]c(C(=O)NCC3CCCO3)cc2c1. The zero-order chi connectivity index (χ0) is 15.5. The summed E-state index contributed by atoms with van der Waals surface area (Å²) in [6.07, 6.45) is 2.19. The lowest BCUT2D eigenvalue weighted by molar-refractivity contribution is 0.0854. The monoisotopic (exact) mass is 304 g/mol. The van der Waals surface area contributed by atoms with E-state index in [1.165, 1.54) is 0 Å². The van der Waals surface area contributed by atoms with Gasteiger partial charge in [0.1, 0.15) is 17.2 Å². The fraction of sp³-hybridized carbons (Fsp3) is 0.438. The van der Waals surface area contributed by atoms with Crippen molar-refractivity contribution in [1.82, 2.24) is 10.3 Å².